The summed E-state index contributed by atoms with van der Waals surface area (Å²) in [4.78, 5) is 23.7. The topological polar surface area (TPSA) is 92.4 Å². The molecule has 1 heterocycles. The molecule has 0 atom stereocenters. The molecule has 3 aromatic rings. The molecule has 0 unspecified atom stereocenters. The maximum Gasteiger partial charge on any atom is 0.337 e. The number of aromatic carboxylic acids is 1. The quantitative estimate of drug-likeness (QED) is 0.588. The molecule has 6 nitrogen and oxygen atoms in total. The van der Waals surface area contributed by atoms with Gasteiger partial charge in [-0.25, -0.2) is 4.79 Å². The van der Waals surface area contributed by atoms with Crippen molar-refractivity contribution in [2.75, 3.05) is 5.32 Å². The number of hydrogen-bond donors (Lipinski definition) is 2. The van der Waals surface area contributed by atoms with Gasteiger partial charge in [-0.15, -0.1) is 0 Å². The Morgan fingerprint density at radius 2 is 2.00 bits per heavy atom. The van der Waals surface area contributed by atoms with Crippen LogP contribution in [0.1, 0.15) is 27.2 Å². The van der Waals surface area contributed by atoms with Crippen LogP contribution in [0.15, 0.2) is 34.9 Å². The van der Waals surface area contributed by atoms with E-state index >= 15 is 0 Å². The van der Waals surface area contributed by atoms with Crippen LogP contribution < -0.4 is 5.32 Å². The Bertz CT molecular complexity index is 994. The number of hydrogen-bond acceptors (Lipinski definition) is 4. The Labute approximate surface area is 157 Å². The number of nitrogens with one attached hydrogen (secondary N) is 1. The van der Waals surface area contributed by atoms with Crippen LogP contribution in [0.5, 0.6) is 0 Å². The van der Waals surface area contributed by atoms with Gasteiger partial charge in [-0.3, -0.25) is 4.79 Å². The number of amides is 1. The van der Waals surface area contributed by atoms with Crippen molar-refractivity contribution in [1.82, 2.24) is 5.16 Å². The van der Waals surface area contributed by atoms with E-state index < -0.39 is 5.97 Å². The Kier molecular flexibility index (Phi) is 4.76. The van der Waals surface area contributed by atoms with E-state index in [4.69, 9.17) is 4.52 Å². The van der Waals surface area contributed by atoms with E-state index in [1.165, 1.54) is 6.07 Å². The van der Waals surface area contributed by atoms with Crippen molar-refractivity contribution in [2.45, 2.75) is 20.3 Å². The van der Waals surface area contributed by atoms with Gasteiger partial charge in [0, 0.05) is 8.96 Å². The number of benzene rings is 2. The van der Waals surface area contributed by atoms with Gasteiger partial charge in [0.15, 0.2) is 5.58 Å². The molecule has 0 spiro atoms. The van der Waals surface area contributed by atoms with Crippen molar-refractivity contribution in [1.29, 1.82) is 0 Å². The largest absolute Gasteiger partial charge is 0.478 e. The molecule has 0 aliphatic heterocycles. The van der Waals surface area contributed by atoms with Gasteiger partial charge < -0.3 is 14.9 Å². The number of anilines is 1. The minimum Gasteiger partial charge on any atom is -0.478 e. The van der Waals surface area contributed by atoms with Gasteiger partial charge in [0.1, 0.15) is 5.69 Å². The third-order valence-electron chi connectivity index (χ3n) is 3.79. The van der Waals surface area contributed by atoms with Gasteiger partial charge in [-0.1, -0.05) is 11.2 Å². The summed E-state index contributed by atoms with van der Waals surface area (Å²) in [5, 5.41) is 16.7. The van der Waals surface area contributed by atoms with Crippen LogP contribution in [-0.4, -0.2) is 22.1 Å². The average Bonchev–Trinajstić information content (AvgIpc) is 2.92. The first-order valence-electron chi connectivity index (χ1n) is 7.53. The highest BCUT2D eigenvalue weighted by molar-refractivity contribution is 14.1. The third-order valence-corrected chi connectivity index (χ3v) is 4.46. The van der Waals surface area contributed by atoms with Crippen molar-refractivity contribution < 1.29 is 19.2 Å². The molecule has 0 aliphatic rings. The predicted octanol–water partition coefficient (Wildman–Crippen LogP) is 3.93. The molecule has 0 aliphatic carbocycles. The molecule has 2 N–H and O–H groups in total. The van der Waals surface area contributed by atoms with Gasteiger partial charge in [0.25, 0.3) is 0 Å². The molecule has 3 rings (SSSR count). The maximum absolute atomic E-state index is 12.4. The van der Waals surface area contributed by atoms with Crippen molar-refractivity contribution >= 4 is 51.1 Å². The zero-order valence-electron chi connectivity index (χ0n) is 13.6. The summed E-state index contributed by atoms with van der Waals surface area (Å²) in [7, 11) is 0. The van der Waals surface area contributed by atoms with Crippen LogP contribution >= 0.6 is 22.6 Å². The molecule has 0 saturated carbocycles. The lowest BCUT2D eigenvalue weighted by molar-refractivity contribution is -0.115. The van der Waals surface area contributed by atoms with E-state index in [2.05, 4.69) is 10.5 Å². The van der Waals surface area contributed by atoms with Crippen molar-refractivity contribution in [2.24, 2.45) is 0 Å². The molecule has 0 bridgehead atoms. The predicted molar refractivity (Wildman–Crippen MR) is 102 cm³/mol. The lowest BCUT2D eigenvalue weighted by Gasteiger charge is -2.08. The Morgan fingerprint density at radius 3 is 2.72 bits per heavy atom. The number of carboxylic acids is 1. The van der Waals surface area contributed by atoms with E-state index in [0.29, 0.717) is 11.3 Å². The number of aromatic nitrogens is 1. The number of carbonyl (C=O) groups excluding carboxylic acids is 1. The van der Waals surface area contributed by atoms with Crippen LogP contribution in [0.3, 0.4) is 0 Å². The molecule has 0 radical (unpaired) electrons. The molecule has 25 heavy (non-hydrogen) atoms. The molecule has 1 aromatic heterocycles. The van der Waals surface area contributed by atoms with E-state index in [1.807, 2.05) is 48.6 Å². The summed E-state index contributed by atoms with van der Waals surface area (Å²) in [5.74, 6) is -1.44. The second-order valence-electron chi connectivity index (χ2n) is 5.81. The summed E-state index contributed by atoms with van der Waals surface area (Å²) in [6.07, 6.45) is 0.000931. The van der Waals surface area contributed by atoms with Gasteiger partial charge in [0.2, 0.25) is 5.91 Å². The lowest BCUT2D eigenvalue weighted by atomic mass is 10.1. The third kappa shape index (κ3) is 3.65. The summed E-state index contributed by atoms with van der Waals surface area (Å²) in [6.45, 7) is 3.89. The minimum atomic E-state index is -1.09. The summed E-state index contributed by atoms with van der Waals surface area (Å²) >= 11 is 2.02. The first-order chi connectivity index (χ1) is 11.8. The Balaban J connectivity index is 1.86. The number of rotatable bonds is 4. The fourth-order valence-electron chi connectivity index (χ4n) is 2.72. The van der Waals surface area contributed by atoms with Crippen LogP contribution in [0, 0.1) is 17.4 Å². The highest BCUT2D eigenvalue weighted by Gasteiger charge is 2.17. The number of nitrogens with zero attached hydrogens (tertiary/aromatic N) is 1. The molecular formula is C18H15IN2O4. The smallest absolute Gasteiger partial charge is 0.337 e. The number of fused-ring (bicyclic) bond motifs is 1. The van der Waals surface area contributed by atoms with Gasteiger partial charge in [-0.05, 0) is 71.8 Å². The van der Waals surface area contributed by atoms with Gasteiger partial charge >= 0.3 is 5.97 Å². The van der Waals surface area contributed by atoms with Crippen molar-refractivity contribution in [3.8, 4) is 0 Å². The molecule has 0 saturated heterocycles. The van der Waals surface area contributed by atoms with Gasteiger partial charge in [-0.2, -0.15) is 0 Å². The van der Waals surface area contributed by atoms with Gasteiger partial charge in [0.05, 0.1) is 17.7 Å². The van der Waals surface area contributed by atoms with E-state index in [0.717, 1.165) is 20.1 Å². The molecule has 0 fully saturated rings. The van der Waals surface area contributed by atoms with E-state index in [-0.39, 0.29) is 23.6 Å². The molecule has 2 aromatic carbocycles. The fraction of sp³-hybridized carbons (Fsp3) is 0.167. The van der Waals surface area contributed by atoms with Crippen LogP contribution in [-0.2, 0) is 11.2 Å². The summed E-state index contributed by atoms with van der Waals surface area (Å²) in [6, 6.07) is 8.74. The van der Waals surface area contributed by atoms with E-state index in [9.17, 15) is 14.7 Å². The zero-order chi connectivity index (χ0) is 18.1. The van der Waals surface area contributed by atoms with Crippen LogP contribution in [0.4, 0.5) is 5.69 Å². The second-order valence-corrected chi connectivity index (χ2v) is 7.05. The highest BCUT2D eigenvalue weighted by atomic mass is 127. The molecule has 128 valence electrons. The number of halogens is 1. The normalized spacial score (nSPS) is 10.8. The fourth-order valence-corrected chi connectivity index (χ4v) is 3.21. The highest BCUT2D eigenvalue weighted by Crippen LogP contribution is 2.25. The van der Waals surface area contributed by atoms with Crippen molar-refractivity contribution in [3.05, 3.63) is 56.3 Å². The van der Waals surface area contributed by atoms with Crippen molar-refractivity contribution in [3.63, 3.8) is 0 Å². The molecule has 7 heteroatoms. The van der Waals surface area contributed by atoms with E-state index in [1.54, 1.807) is 12.1 Å². The second kappa shape index (κ2) is 6.83. The first kappa shape index (κ1) is 17.4. The SMILES string of the molecule is Cc1cc(C)c2onc(CC(=O)Nc3ccc(I)cc3C(=O)O)c2c1. The van der Waals surface area contributed by atoms with Crippen LogP contribution in [0.2, 0.25) is 0 Å². The monoisotopic (exact) mass is 450 g/mol. The number of aryl methyl sites for hydroxylation is 2. The Morgan fingerprint density at radius 1 is 1.24 bits per heavy atom. The molecular weight excluding hydrogens is 435 g/mol. The minimum absolute atomic E-state index is 0.000931. The number of carboxylic acid groups (broad SMARTS) is 1. The Hall–Kier alpha value is -2.42. The number of carbonyl (C=O) groups is 2. The standard InChI is InChI=1S/C18H15IN2O4/c1-9-5-10(2)17-12(6-9)15(21-25-17)8-16(22)20-14-4-3-11(19)7-13(14)18(23)24/h3-7H,8H2,1-2H3,(H,20,22)(H,23,24). The zero-order valence-corrected chi connectivity index (χ0v) is 15.7. The first-order valence-corrected chi connectivity index (χ1v) is 8.61. The lowest BCUT2D eigenvalue weighted by Crippen LogP contribution is -2.17. The summed E-state index contributed by atoms with van der Waals surface area (Å²) < 4.78 is 6.12. The maximum atomic E-state index is 12.4. The molecule has 1 amide bonds. The summed E-state index contributed by atoms with van der Waals surface area (Å²) in [5.41, 5.74) is 3.52. The van der Waals surface area contributed by atoms with Crippen LogP contribution in [0.25, 0.3) is 11.0 Å². The average molecular weight is 450 g/mol.